The van der Waals surface area contributed by atoms with Crippen molar-refractivity contribution < 1.29 is 9.47 Å². The molecule has 0 spiro atoms. The molecule has 23 heavy (non-hydrogen) atoms. The average Bonchev–Trinajstić information content (AvgIpc) is 3.09. The van der Waals surface area contributed by atoms with E-state index < -0.39 is 0 Å². The van der Waals surface area contributed by atoms with Crippen molar-refractivity contribution >= 4 is 17.6 Å². The van der Waals surface area contributed by atoms with Gasteiger partial charge in [-0.25, -0.2) is 0 Å². The van der Waals surface area contributed by atoms with Crippen molar-refractivity contribution in [3.63, 3.8) is 0 Å². The summed E-state index contributed by atoms with van der Waals surface area (Å²) in [5.74, 6) is 2.43. The first-order valence-electron chi connectivity index (χ1n) is 7.96. The van der Waals surface area contributed by atoms with E-state index >= 15 is 0 Å². The Balaban J connectivity index is 0.000000924. The van der Waals surface area contributed by atoms with Gasteiger partial charge in [0.1, 0.15) is 6.61 Å². The maximum atomic E-state index is 5.96. The molecule has 0 amide bonds. The second kappa shape index (κ2) is 7.18. The van der Waals surface area contributed by atoms with Gasteiger partial charge >= 0.3 is 0 Å². The summed E-state index contributed by atoms with van der Waals surface area (Å²) in [5.41, 5.74) is 10.0. The minimum Gasteiger partial charge on any atom is -0.484 e. The molecule has 0 aromatic carbocycles. The van der Waals surface area contributed by atoms with Crippen LogP contribution in [-0.2, 0) is 4.74 Å². The molecule has 0 bridgehead atoms. The Labute approximate surface area is 137 Å². The molecule has 0 saturated carbocycles. The van der Waals surface area contributed by atoms with E-state index in [2.05, 4.69) is 25.9 Å². The summed E-state index contributed by atoms with van der Waals surface area (Å²) in [6, 6.07) is 0.00993. The highest BCUT2D eigenvalue weighted by Gasteiger charge is 2.36. The molecule has 0 aliphatic carbocycles. The lowest BCUT2D eigenvalue weighted by Gasteiger charge is -2.37. The predicted octanol–water partition coefficient (Wildman–Crippen LogP) is 0.832. The average molecular weight is 324 g/mol. The van der Waals surface area contributed by atoms with E-state index in [1.807, 2.05) is 13.8 Å². The van der Waals surface area contributed by atoms with Crippen LogP contribution >= 0.6 is 0 Å². The second-order valence-corrected chi connectivity index (χ2v) is 6.09. The molecule has 1 aromatic rings. The fraction of sp³-hybridized carbons (Fsp3) is 0.733. The molecule has 1 aromatic heterocycles. The fourth-order valence-electron chi connectivity index (χ4n) is 2.72. The summed E-state index contributed by atoms with van der Waals surface area (Å²) < 4.78 is 11.5. The van der Waals surface area contributed by atoms with Crippen LogP contribution in [0.3, 0.4) is 0 Å². The van der Waals surface area contributed by atoms with Gasteiger partial charge in [0, 0.05) is 20.2 Å². The van der Waals surface area contributed by atoms with Gasteiger partial charge in [0.2, 0.25) is 11.7 Å². The van der Waals surface area contributed by atoms with Crippen LogP contribution in [0, 0.1) is 0 Å². The quantitative estimate of drug-likeness (QED) is 0.749. The van der Waals surface area contributed by atoms with Crippen LogP contribution in [0.15, 0.2) is 0 Å². The molecule has 3 rings (SSSR count). The van der Waals surface area contributed by atoms with Gasteiger partial charge in [-0.15, -0.1) is 0 Å². The first kappa shape index (κ1) is 17.6. The number of nitrogens with two attached hydrogens (primary N) is 2. The lowest BCUT2D eigenvalue weighted by Crippen LogP contribution is -2.49. The molecule has 2 aliphatic rings. The molecule has 2 aliphatic heterocycles. The number of nitrogen functional groups attached to an aromatic ring is 1. The molecule has 3 heterocycles. The van der Waals surface area contributed by atoms with Gasteiger partial charge in [0.15, 0.2) is 11.6 Å². The Hall–Kier alpha value is -1.80. The largest absolute Gasteiger partial charge is 0.484 e. The van der Waals surface area contributed by atoms with Crippen molar-refractivity contribution in [3.8, 4) is 5.75 Å². The summed E-state index contributed by atoms with van der Waals surface area (Å²) in [6.45, 7) is 6.52. The normalized spacial score (nSPS) is 20.0. The molecule has 1 unspecified atom stereocenters. The third-order valence-corrected chi connectivity index (χ3v) is 4.34. The minimum atomic E-state index is -0.356. The number of nitrogens with one attached hydrogen (secondary N) is 1. The van der Waals surface area contributed by atoms with E-state index in [0.717, 1.165) is 18.9 Å². The smallest absolute Gasteiger partial charge is 0.224 e. The molecule has 8 nitrogen and oxygen atoms in total. The van der Waals surface area contributed by atoms with Gasteiger partial charge in [-0.1, -0.05) is 0 Å². The Morgan fingerprint density at radius 1 is 1.26 bits per heavy atom. The van der Waals surface area contributed by atoms with Gasteiger partial charge in [-0.2, -0.15) is 9.97 Å². The Morgan fingerprint density at radius 3 is 2.52 bits per heavy atom. The molecular weight excluding hydrogens is 296 g/mol. The van der Waals surface area contributed by atoms with Crippen molar-refractivity contribution in [2.45, 2.75) is 38.3 Å². The molecule has 1 atom stereocenters. The highest BCUT2D eigenvalue weighted by Crippen LogP contribution is 2.39. The number of hydrogen-bond acceptors (Lipinski definition) is 8. The SMILES string of the molecule is CN.COC(C)(C)C1COc2c(nc(N)nc2N2CCCC2)N1. The van der Waals surface area contributed by atoms with Gasteiger partial charge in [0.05, 0.1) is 11.6 Å². The topological polar surface area (TPSA) is 112 Å². The number of rotatable bonds is 3. The van der Waals surface area contributed by atoms with Crippen LogP contribution in [0.25, 0.3) is 0 Å². The van der Waals surface area contributed by atoms with E-state index in [1.165, 1.54) is 19.9 Å². The first-order valence-corrected chi connectivity index (χ1v) is 7.96. The zero-order chi connectivity index (χ0) is 17.0. The van der Waals surface area contributed by atoms with Crippen molar-refractivity contribution in [2.75, 3.05) is 49.8 Å². The number of hydrogen-bond donors (Lipinski definition) is 3. The molecule has 0 radical (unpaired) electrons. The Bertz CT molecular complexity index is 531. The van der Waals surface area contributed by atoms with E-state index in [0.29, 0.717) is 18.2 Å². The summed E-state index contributed by atoms with van der Waals surface area (Å²) in [4.78, 5) is 10.9. The summed E-state index contributed by atoms with van der Waals surface area (Å²) in [7, 11) is 3.20. The van der Waals surface area contributed by atoms with Crippen LogP contribution in [0.4, 0.5) is 17.6 Å². The molecule has 1 saturated heterocycles. The number of methoxy groups -OCH3 is 1. The van der Waals surface area contributed by atoms with E-state index in [9.17, 15) is 0 Å². The monoisotopic (exact) mass is 324 g/mol. The first-order chi connectivity index (χ1) is 11.0. The van der Waals surface area contributed by atoms with Crippen molar-refractivity contribution in [1.82, 2.24) is 9.97 Å². The van der Waals surface area contributed by atoms with E-state index in [4.69, 9.17) is 15.2 Å². The zero-order valence-electron chi connectivity index (χ0n) is 14.4. The number of aromatic nitrogens is 2. The molecule has 8 heteroatoms. The number of nitrogens with zero attached hydrogens (tertiary/aromatic N) is 3. The zero-order valence-corrected chi connectivity index (χ0v) is 14.4. The highest BCUT2D eigenvalue weighted by atomic mass is 16.5. The van der Waals surface area contributed by atoms with Gasteiger partial charge in [-0.05, 0) is 33.7 Å². The standard InChI is InChI=1S/C14H23N5O2.CH5N/c1-14(2,20-3)9-8-21-10-11(16-9)17-13(15)18-12(10)19-6-4-5-7-19;1-2/h9H,4-8H2,1-3H3,(H3,15,16,17,18);2H2,1H3. The van der Waals surface area contributed by atoms with Gasteiger partial charge in [-0.3, -0.25) is 0 Å². The molecule has 1 fully saturated rings. The number of ether oxygens (including phenoxy) is 2. The molecular formula is C15H28N6O2. The second-order valence-electron chi connectivity index (χ2n) is 6.09. The van der Waals surface area contributed by atoms with E-state index in [1.54, 1.807) is 7.11 Å². The summed E-state index contributed by atoms with van der Waals surface area (Å²) in [5, 5.41) is 3.39. The maximum Gasteiger partial charge on any atom is 0.224 e. The maximum absolute atomic E-state index is 5.96. The Morgan fingerprint density at radius 2 is 1.91 bits per heavy atom. The Kier molecular flexibility index (Phi) is 5.48. The van der Waals surface area contributed by atoms with Gasteiger partial charge < -0.3 is 31.2 Å². The van der Waals surface area contributed by atoms with Crippen LogP contribution < -0.4 is 26.4 Å². The van der Waals surface area contributed by atoms with Crippen LogP contribution in [-0.4, -0.2) is 55.5 Å². The van der Waals surface area contributed by atoms with Gasteiger partial charge in [0.25, 0.3) is 0 Å². The molecule has 5 N–H and O–H groups in total. The van der Waals surface area contributed by atoms with Crippen molar-refractivity contribution in [1.29, 1.82) is 0 Å². The van der Waals surface area contributed by atoms with Crippen LogP contribution in [0.5, 0.6) is 5.75 Å². The molecule has 130 valence electrons. The van der Waals surface area contributed by atoms with Crippen LogP contribution in [0.2, 0.25) is 0 Å². The van der Waals surface area contributed by atoms with Crippen molar-refractivity contribution in [3.05, 3.63) is 0 Å². The number of fused-ring (bicyclic) bond motifs is 1. The fourth-order valence-corrected chi connectivity index (χ4v) is 2.72. The highest BCUT2D eigenvalue weighted by molar-refractivity contribution is 5.68. The van der Waals surface area contributed by atoms with Crippen molar-refractivity contribution in [2.24, 2.45) is 5.73 Å². The lowest BCUT2D eigenvalue weighted by atomic mass is 9.98. The van der Waals surface area contributed by atoms with Crippen LogP contribution in [0.1, 0.15) is 26.7 Å². The minimum absolute atomic E-state index is 0.00993. The van der Waals surface area contributed by atoms with E-state index in [-0.39, 0.29) is 17.6 Å². The third kappa shape index (κ3) is 3.59. The predicted molar refractivity (Wildman–Crippen MR) is 92.0 cm³/mol. The summed E-state index contributed by atoms with van der Waals surface area (Å²) >= 11 is 0. The lowest BCUT2D eigenvalue weighted by molar-refractivity contribution is -0.00741. The number of anilines is 3. The summed E-state index contributed by atoms with van der Waals surface area (Å²) in [6.07, 6.45) is 2.34. The third-order valence-electron chi connectivity index (χ3n) is 4.34.